The number of aryl methyl sites for hydroxylation is 1. The maximum absolute atomic E-state index is 12.5. The third-order valence-electron chi connectivity index (χ3n) is 5.23. The van der Waals surface area contributed by atoms with Crippen LogP contribution in [-0.4, -0.2) is 57.4 Å². The average Bonchev–Trinajstić information content (AvgIpc) is 3.06. The van der Waals surface area contributed by atoms with Crippen LogP contribution in [0.1, 0.15) is 60.0 Å². The molecular formula is C23H30N4O5. The molecule has 9 heteroatoms. The van der Waals surface area contributed by atoms with Gasteiger partial charge < -0.3 is 19.7 Å². The molecule has 32 heavy (non-hydrogen) atoms. The number of ether oxygens (including phenoxy) is 2. The predicted octanol–water partition coefficient (Wildman–Crippen LogP) is 3.54. The number of nitrogens with one attached hydrogen (secondary N) is 1. The van der Waals surface area contributed by atoms with E-state index in [9.17, 15) is 14.4 Å². The number of anilines is 1. The quantitative estimate of drug-likeness (QED) is 0.727. The molecule has 3 rings (SSSR count). The van der Waals surface area contributed by atoms with E-state index in [1.165, 1.54) is 6.20 Å². The monoisotopic (exact) mass is 442 g/mol. The zero-order chi connectivity index (χ0) is 23.5. The lowest BCUT2D eigenvalue weighted by atomic mass is 10.1. The van der Waals surface area contributed by atoms with Crippen molar-refractivity contribution in [1.29, 1.82) is 0 Å². The number of benzene rings is 1. The van der Waals surface area contributed by atoms with Crippen LogP contribution in [-0.2, 0) is 16.5 Å². The minimum Gasteiger partial charge on any atom is -0.459 e. The summed E-state index contributed by atoms with van der Waals surface area (Å²) < 4.78 is 12.6. The molecule has 1 aromatic carbocycles. The van der Waals surface area contributed by atoms with Crippen molar-refractivity contribution >= 4 is 23.7 Å². The summed E-state index contributed by atoms with van der Waals surface area (Å²) in [5, 5.41) is 6.87. The molecule has 0 bridgehead atoms. The number of hydrogen-bond donors (Lipinski definition) is 1. The zero-order valence-corrected chi connectivity index (χ0v) is 19.2. The Morgan fingerprint density at radius 3 is 2.25 bits per heavy atom. The van der Waals surface area contributed by atoms with Crippen LogP contribution in [0.4, 0.5) is 10.5 Å². The summed E-state index contributed by atoms with van der Waals surface area (Å²) in [4.78, 5) is 38.7. The van der Waals surface area contributed by atoms with Crippen LogP contribution >= 0.6 is 0 Å². The number of amides is 2. The molecule has 1 aliphatic rings. The Morgan fingerprint density at radius 2 is 1.72 bits per heavy atom. The number of hydrogen-bond acceptors (Lipinski definition) is 6. The van der Waals surface area contributed by atoms with Crippen LogP contribution in [0, 0.1) is 6.92 Å². The van der Waals surface area contributed by atoms with Gasteiger partial charge >= 0.3 is 12.1 Å². The molecule has 2 amide bonds. The van der Waals surface area contributed by atoms with Crippen LogP contribution in [0.3, 0.4) is 0 Å². The molecule has 0 saturated carbocycles. The summed E-state index contributed by atoms with van der Waals surface area (Å²) >= 11 is 0. The van der Waals surface area contributed by atoms with Crippen molar-refractivity contribution in [3.05, 3.63) is 47.3 Å². The number of esters is 1. The van der Waals surface area contributed by atoms with Gasteiger partial charge in [0.15, 0.2) is 0 Å². The smallest absolute Gasteiger partial charge is 0.410 e. The fraction of sp³-hybridized carbons (Fsp3) is 0.478. The molecule has 9 nitrogen and oxygen atoms in total. The van der Waals surface area contributed by atoms with E-state index in [4.69, 9.17) is 9.47 Å². The zero-order valence-electron chi connectivity index (χ0n) is 19.2. The van der Waals surface area contributed by atoms with Gasteiger partial charge in [-0.05, 0) is 52.0 Å². The van der Waals surface area contributed by atoms with Crippen LogP contribution in [0.25, 0.3) is 0 Å². The number of aromatic nitrogens is 2. The fourth-order valence-corrected chi connectivity index (χ4v) is 3.31. The van der Waals surface area contributed by atoms with Crippen molar-refractivity contribution in [3.8, 4) is 0 Å². The van der Waals surface area contributed by atoms with Gasteiger partial charge in [-0.15, -0.1) is 0 Å². The number of nitrogens with zero attached hydrogens (tertiary/aromatic N) is 3. The number of rotatable bonds is 4. The minimum absolute atomic E-state index is 0.255. The second-order valence-corrected chi connectivity index (χ2v) is 8.87. The number of likely N-dealkylation sites (tertiary alicyclic amines) is 1. The Kier molecular flexibility index (Phi) is 6.86. The molecule has 0 aliphatic carbocycles. The third kappa shape index (κ3) is 5.87. The topological polar surface area (TPSA) is 103 Å². The Hall–Kier alpha value is -3.36. The molecule has 172 valence electrons. The lowest BCUT2D eigenvalue weighted by Gasteiger charge is -2.33. The number of piperidine rings is 1. The fourth-order valence-electron chi connectivity index (χ4n) is 3.31. The largest absolute Gasteiger partial charge is 0.459 e. The number of carbonyl (C=O) groups excluding carboxylic acids is 3. The van der Waals surface area contributed by atoms with Gasteiger partial charge in [-0.2, -0.15) is 5.10 Å². The summed E-state index contributed by atoms with van der Waals surface area (Å²) in [7, 11) is 1.77. The third-order valence-corrected chi connectivity index (χ3v) is 5.23. The SMILES string of the molecule is Cc1c(C(=O)Nc2ccc(C(=O)OC3CCN(C(=O)OC(C)(C)C)CC3)cc2)cnn1C. The molecule has 2 aromatic rings. The first-order valence-electron chi connectivity index (χ1n) is 10.6. The van der Waals surface area contributed by atoms with E-state index in [0.29, 0.717) is 42.7 Å². The lowest BCUT2D eigenvalue weighted by molar-refractivity contribution is -0.00341. The summed E-state index contributed by atoms with van der Waals surface area (Å²) in [6.45, 7) is 8.26. The molecule has 1 saturated heterocycles. The van der Waals surface area contributed by atoms with Gasteiger partial charge in [0.05, 0.1) is 17.3 Å². The van der Waals surface area contributed by atoms with Crippen molar-refractivity contribution in [2.75, 3.05) is 18.4 Å². The van der Waals surface area contributed by atoms with Gasteiger partial charge in [-0.1, -0.05) is 0 Å². The van der Waals surface area contributed by atoms with Gasteiger partial charge in [-0.25, -0.2) is 9.59 Å². The molecule has 0 radical (unpaired) electrons. The average molecular weight is 443 g/mol. The molecule has 1 aromatic heterocycles. The minimum atomic E-state index is -0.539. The Bertz CT molecular complexity index is 983. The van der Waals surface area contributed by atoms with E-state index in [1.807, 2.05) is 27.7 Å². The van der Waals surface area contributed by atoms with Crippen molar-refractivity contribution < 1.29 is 23.9 Å². The molecular weight excluding hydrogens is 412 g/mol. The van der Waals surface area contributed by atoms with Gasteiger partial charge in [0, 0.05) is 44.4 Å². The molecule has 0 spiro atoms. The summed E-state index contributed by atoms with van der Waals surface area (Å²) in [5.74, 6) is -0.690. The van der Waals surface area contributed by atoms with Crippen LogP contribution < -0.4 is 5.32 Å². The van der Waals surface area contributed by atoms with Crippen molar-refractivity contribution in [1.82, 2.24) is 14.7 Å². The summed E-state index contributed by atoms with van der Waals surface area (Å²) in [5.41, 5.74) is 1.69. The molecule has 2 heterocycles. The first kappa shape index (κ1) is 23.3. The molecule has 0 unspecified atom stereocenters. The lowest BCUT2D eigenvalue weighted by Crippen LogP contribution is -2.43. The first-order chi connectivity index (χ1) is 15.0. The Balaban J connectivity index is 1.49. The van der Waals surface area contributed by atoms with Gasteiger partial charge in [0.1, 0.15) is 11.7 Å². The first-order valence-corrected chi connectivity index (χ1v) is 10.6. The molecule has 1 N–H and O–H groups in total. The molecule has 0 atom stereocenters. The van der Waals surface area contributed by atoms with E-state index >= 15 is 0 Å². The van der Waals surface area contributed by atoms with Gasteiger partial charge in [0.2, 0.25) is 0 Å². The molecule has 1 aliphatic heterocycles. The summed E-state index contributed by atoms with van der Waals surface area (Å²) in [6.07, 6.45) is 2.04. The van der Waals surface area contributed by atoms with Gasteiger partial charge in [-0.3, -0.25) is 9.48 Å². The number of carbonyl (C=O) groups is 3. The maximum Gasteiger partial charge on any atom is 0.410 e. The Morgan fingerprint density at radius 1 is 1.09 bits per heavy atom. The maximum atomic E-state index is 12.5. The van der Waals surface area contributed by atoms with E-state index in [1.54, 1.807) is 40.9 Å². The highest BCUT2D eigenvalue weighted by Gasteiger charge is 2.28. The van der Waals surface area contributed by atoms with Gasteiger partial charge in [0.25, 0.3) is 5.91 Å². The highest BCUT2D eigenvalue weighted by Crippen LogP contribution is 2.19. The second kappa shape index (κ2) is 9.42. The van der Waals surface area contributed by atoms with Crippen LogP contribution in [0.5, 0.6) is 0 Å². The standard InChI is InChI=1S/C23H30N4O5/c1-15-19(14-24-26(15)5)20(28)25-17-8-6-16(7-9-17)21(29)31-18-10-12-27(13-11-18)22(30)32-23(2,3)4/h6-9,14,18H,10-13H2,1-5H3,(H,25,28). The molecule has 1 fully saturated rings. The highest BCUT2D eigenvalue weighted by molar-refractivity contribution is 6.05. The normalized spacial score (nSPS) is 14.7. The van der Waals surface area contributed by atoms with Crippen molar-refractivity contribution in [2.45, 2.75) is 52.2 Å². The van der Waals surface area contributed by atoms with E-state index in [2.05, 4.69) is 10.4 Å². The summed E-state index contributed by atoms with van der Waals surface area (Å²) in [6, 6.07) is 6.55. The second-order valence-electron chi connectivity index (χ2n) is 8.87. The van der Waals surface area contributed by atoms with Crippen molar-refractivity contribution in [2.24, 2.45) is 7.05 Å². The van der Waals surface area contributed by atoms with Crippen molar-refractivity contribution in [3.63, 3.8) is 0 Å². The predicted molar refractivity (Wildman–Crippen MR) is 119 cm³/mol. The van der Waals surface area contributed by atoms with E-state index in [0.717, 1.165) is 5.69 Å². The van der Waals surface area contributed by atoms with Crippen LogP contribution in [0.2, 0.25) is 0 Å². The van der Waals surface area contributed by atoms with E-state index in [-0.39, 0.29) is 18.1 Å². The van der Waals surface area contributed by atoms with Crippen LogP contribution in [0.15, 0.2) is 30.5 Å². The Labute approximate surface area is 187 Å². The highest BCUT2D eigenvalue weighted by atomic mass is 16.6. The van der Waals surface area contributed by atoms with E-state index < -0.39 is 11.6 Å².